The van der Waals surface area contributed by atoms with Gasteiger partial charge in [0.2, 0.25) is 0 Å². The number of para-hydroxylation sites is 2. The van der Waals surface area contributed by atoms with Crippen molar-refractivity contribution in [3.05, 3.63) is 89.5 Å². The van der Waals surface area contributed by atoms with Crippen molar-refractivity contribution in [2.75, 3.05) is 15.5 Å². The molecule has 2 N–H and O–H groups in total. The third kappa shape index (κ3) is 1.91. The summed E-state index contributed by atoms with van der Waals surface area (Å²) in [7, 11) is 0. The van der Waals surface area contributed by atoms with Crippen LogP contribution in [0.15, 0.2) is 72.8 Å². The van der Waals surface area contributed by atoms with Gasteiger partial charge in [-0.25, -0.2) is 0 Å². The molecule has 0 unspecified atom stereocenters. The molecule has 0 fully saturated rings. The van der Waals surface area contributed by atoms with Gasteiger partial charge in [-0.05, 0) is 31.2 Å². The second-order valence-electron chi connectivity index (χ2n) is 6.51. The lowest BCUT2D eigenvalue weighted by molar-refractivity contribution is 0.561. The Kier molecular flexibility index (Phi) is 2.83. The zero-order valence-corrected chi connectivity index (χ0v) is 13.5. The van der Waals surface area contributed by atoms with E-state index in [-0.39, 0.29) is 12.3 Å². The van der Waals surface area contributed by atoms with Crippen molar-refractivity contribution in [3.8, 4) is 0 Å². The molecule has 3 aromatic carbocycles. The molecule has 2 aliphatic heterocycles. The van der Waals surface area contributed by atoms with E-state index in [9.17, 15) is 0 Å². The van der Waals surface area contributed by atoms with Crippen LogP contribution in [0.3, 0.4) is 0 Å². The Morgan fingerprint density at radius 2 is 1.17 bits per heavy atom. The van der Waals surface area contributed by atoms with Gasteiger partial charge in [-0.15, -0.1) is 0 Å². The van der Waals surface area contributed by atoms with Gasteiger partial charge in [0, 0.05) is 28.2 Å². The molecule has 2 aliphatic rings. The van der Waals surface area contributed by atoms with E-state index in [1.54, 1.807) is 0 Å². The summed E-state index contributed by atoms with van der Waals surface area (Å²) in [5.41, 5.74) is 7.48. The predicted molar refractivity (Wildman–Crippen MR) is 99.3 cm³/mol. The summed E-state index contributed by atoms with van der Waals surface area (Å²) >= 11 is 0. The number of hydrogen-bond acceptors (Lipinski definition) is 3. The maximum atomic E-state index is 3.73. The molecule has 24 heavy (non-hydrogen) atoms. The maximum Gasteiger partial charge on any atom is 0.130 e. The van der Waals surface area contributed by atoms with Gasteiger partial charge in [-0.1, -0.05) is 54.1 Å². The minimum atomic E-state index is 0.130. The Balaban J connectivity index is 1.71. The van der Waals surface area contributed by atoms with Gasteiger partial charge in [-0.2, -0.15) is 0 Å². The van der Waals surface area contributed by atoms with E-state index in [4.69, 9.17) is 0 Å². The first-order chi connectivity index (χ1) is 11.8. The van der Waals surface area contributed by atoms with Crippen molar-refractivity contribution in [1.29, 1.82) is 0 Å². The molecule has 5 rings (SSSR count). The Labute approximate surface area is 141 Å². The second-order valence-corrected chi connectivity index (χ2v) is 6.51. The van der Waals surface area contributed by atoms with Crippen LogP contribution in [0, 0.1) is 6.92 Å². The standard InChI is InChI=1S/C21H19N3/c1-14-10-12-15(13-11-14)24-20-16-6-2-4-8-18(16)22-21(24)17-7-3-5-9-19(17)23-20/h2-13,20-23H,1H3/t20-,21-/m1/s1. The minimum Gasteiger partial charge on any atom is -0.361 e. The van der Waals surface area contributed by atoms with E-state index in [2.05, 4.69) is 95.3 Å². The zero-order chi connectivity index (χ0) is 16.1. The summed E-state index contributed by atoms with van der Waals surface area (Å²) in [5.74, 6) is 0. The van der Waals surface area contributed by atoms with Crippen molar-refractivity contribution in [1.82, 2.24) is 0 Å². The number of hydrogen-bond donors (Lipinski definition) is 2. The summed E-state index contributed by atoms with van der Waals surface area (Å²) in [5, 5.41) is 7.47. The van der Waals surface area contributed by atoms with E-state index in [0.717, 1.165) is 0 Å². The fourth-order valence-electron chi connectivity index (χ4n) is 3.79. The third-order valence-electron chi connectivity index (χ3n) is 4.98. The highest BCUT2D eigenvalue weighted by molar-refractivity contribution is 5.73. The maximum absolute atomic E-state index is 3.73. The Hall–Kier alpha value is -2.94. The first kappa shape index (κ1) is 13.5. The van der Waals surface area contributed by atoms with Crippen LogP contribution in [0.25, 0.3) is 0 Å². The van der Waals surface area contributed by atoms with E-state index in [1.807, 2.05) is 0 Å². The summed E-state index contributed by atoms with van der Waals surface area (Å²) in [6.07, 6.45) is 0.259. The number of anilines is 3. The van der Waals surface area contributed by atoms with Crippen LogP contribution in [0.4, 0.5) is 17.1 Å². The molecule has 2 bridgehead atoms. The van der Waals surface area contributed by atoms with Crippen molar-refractivity contribution < 1.29 is 0 Å². The van der Waals surface area contributed by atoms with E-state index in [0.29, 0.717) is 0 Å². The number of fused-ring (bicyclic) bond motifs is 6. The first-order valence-corrected chi connectivity index (χ1v) is 8.37. The number of nitrogens with one attached hydrogen (secondary N) is 2. The minimum absolute atomic E-state index is 0.130. The van der Waals surface area contributed by atoms with Gasteiger partial charge < -0.3 is 15.5 Å². The van der Waals surface area contributed by atoms with Gasteiger partial charge >= 0.3 is 0 Å². The fraction of sp³-hybridized carbons (Fsp3) is 0.143. The van der Waals surface area contributed by atoms with Crippen LogP contribution >= 0.6 is 0 Å². The second kappa shape index (κ2) is 5.03. The lowest BCUT2D eigenvalue weighted by Crippen LogP contribution is -2.47. The quantitative estimate of drug-likeness (QED) is 0.658. The molecule has 0 saturated carbocycles. The van der Waals surface area contributed by atoms with E-state index in [1.165, 1.54) is 33.8 Å². The first-order valence-electron chi connectivity index (χ1n) is 8.37. The topological polar surface area (TPSA) is 27.3 Å². The van der Waals surface area contributed by atoms with E-state index >= 15 is 0 Å². The van der Waals surface area contributed by atoms with Gasteiger partial charge in [-0.3, -0.25) is 0 Å². The molecule has 0 aliphatic carbocycles. The molecule has 3 heteroatoms. The Morgan fingerprint density at radius 1 is 0.667 bits per heavy atom. The number of aryl methyl sites for hydroxylation is 1. The number of nitrogens with zero attached hydrogens (tertiary/aromatic N) is 1. The average molecular weight is 313 g/mol. The molecule has 118 valence electrons. The van der Waals surface area contributed by atoms with Crippen LogP contribution in [-0.4, -0.2) is 0 Å². The summed E-state index contributed by atoms with van der Waals surface area (Å²) in [6, 6.07) is 25.9. The molecule has 2 atom stereocenters. The highest BCUT2D eigenvalue weighted by Crippen LogP contribution is 2.48. The zero-order valence-electron chi connectivity index (χ0n) is 13.5. The lowest BCUT2D eigenvalue weighted by atomic mass is 9.95. The molecule has 0 amide bonds. The smallest absolute Gasteiger partial charge is 0.130 e. The number of rotatable bonds is 1. The fourth-order valence-corrected chi connectivity index (χ4v) is 3.79. The summed E-state index contributed by atoms with van der Waals surface area (Å²) < 4.78 is 0. The molecule has 0 spiro atoms. The van der Waals surface area contributed by atoms with Gasteiger partial charge in [0.05, 0.1) is 0 Å². The van der Waals surface area contributed by atoms with Crippen LogP contribution in [0.2, 0.25) is 0 Å². The molecule has 3 aromatic rings. The van der Waals surface area contributed by atoms with Gasteiger partial charge in [0.25, 0.3) is 0 Å². The SMILES string of the molecule is Cc1ccc(N2[C@H]3Nc4ccccc4[C@@H]2Nc2ccccc23)cc1. The largest absolute Gasteiger partial charge is 0.361 e. The monoisotopic (exact) mass is 313 g/mol. The Morgan fingerprint density at radius 3 is 1.71 bits per heavy atom. The predicted octanol–water partition coefficient (Wildman–Crippen LogP) is 5.05. The highest BCUT2D eigenvalue weighted by atomic mass is 15.4. The van der Waals surface area contributed by atoms with Crippen molar-refractivity contribution in [2.45, 2.75) is 19.3 Å². The average Bonchev–Trinajstić information content (AvgIpc) is 2.62. The van der Waals surface area contributed by atoms with Crippen LogP contribution in [0.5, 0.6) is 0 Å². The van der Waals surface area contributed by atoms with Crippen molar-refractivity contribution in [3.63, 3.8) is 0 Å². The van der Waals surface area contributed by atoms with E-state index < -0.39 is 0 Å². The van der Waals surface area contributed by atoms with Gasteiger partial charge in [0.1, 0.15) is 12.3 Å². The molecular weight excluding hydrogens is 294 g/mol. The molecule has 0 saturated heterocycles. The molecule has 3 nitrogen and oxygen atoms in total. The lowest BCUT2D eigenvalue weighted by Gasteiger charge is -2.50. The van der Waals surface area contributed by atoms with Crippen molar-refractivity contribution >= 4 is 17.1 Å². The molecule has 0 aromatic heterocycles. The van der Waals surface area contributed by atoms with Crippen LogP contribution in [-0.2, 0) is 0 Å². The summed E-state index contributed by atoms with van der Waals surface area (Å²) in [4.78, 5) is 2.43. The molecule has 0 radical (unpaired) electrons. The molecule has 2 heterocycles. The Bertz CT molecular complexity index is 847. The van der Waals surface area contributed by atoms with Crippen LogP contribution < -0.4 is 15.5 Å². The summed E-state index contributed by atoms with van der Waals surface area (Å²) in [6.45, 7) is 2.13. The normalized spacial score (nSPS) is 20.5. The van der Waals surface area contributed by atoms with Crippen LogP contribution in [0.1, 0.15) is 29.0 Å². The highest BCUT2D eigenvalue weighted by Gasteiger charge is 2.39. The number of benzene rings is 3. The van der Waals surface area contributed by atoms with Crippen molar-refractivity contribution in [2.24, 2.45) is 0 Å². The molecular formula is C21H19N3. The third-order valence-corrected chi connectivity index (χ3v) is 4.98. The van der Waals surface area contributed by atoms with Gasteiger partial charge in [0.15, 0.2) is 0 Å².